The zero-order chi connectivity index (χ0) is 52.7. The van der Waals surface area contributed by atoms with Crippen molar-refractivity contribution < 1.29 is 15.0 Å². The van der Waals surface area contributed by atoms with E-state index in [1.807, 2.05) is 6.08 Å². The summed E-state index contributed by atoms with van der Waals surface area (Å²) in [6, 6.07) is -0.622. The van der Waals surface area contributed by atoms with Gasteiger partial charge in [-0.2, -0.15) is 0 Å². The lowest BCUT2D eigenvalue weighted by Crippen LogP contribution is -2.45. The van der Waals surface area contributed by atoms with Crippen LogP contribution in [0.4, 0.5) is 0 Å². The minimum absolute atomic E-state index is 0.0563. The van der Waals surface area contributed by atoms with Gasteiger partial charge < -0.3 is 15.5 Å². The third-order valence-corrected chi connectivity index (χ3v) is 15.9. The van der Waals surface area contributed by atoms with Gasteiger partial charge in [-0.15, -0.1) is 0 Å². The van der Waals surface area contributed by atoms with Crippen molar-refractivity contribution in [3.8, 4) is 0 Å². The lowest BCUT2D eigenvalue weighted by atomic mass is 10.0. The van der Waals surface area contributed by atoms with Gasteiger partial charge in [0.15, 0.2) is 0 Å². The standard InChI is InChI=1S/C69H133NO3/c1-3-5-7-9-11-13-15-17-19-21-23-25-27-29-31-33-35-37-39-41-43-45-47-49-51-53-55-57-59-61-63-65-69(73)70-67(66-71)68(72)64-62-60-58-56-54-52-50-48-46-44-42-40-38-36-34-32-30-28-26-24-22-20-18-16-14-12-10-8-6-4-2/h15,17,21,23,62,64,67-68,71-72H,3-14,16,18-20,22,24-61,63,65-66H2,1-2H3,(H,70,73)/b17-15-,23-21-,64-62+. The number of rotatable bonds is 63. The van der Waals surface area contributed by atoms with E-state index in [4.69, 9.17) is 0 Å². The first kappa shape index (κ1) is 71.6. The molecule has 0 aliphatic rings. The Labute approximate surface area is 459 Å². The predicted octanol–water partition coefficient (Wildman–Crippen LogP) is 22.8. The minimum atomic E-state index is -0.840. The van der Waals surface area contributed by atoms with Crippen LogP contribution < -0.4 is 5.32 Å². The number of hydrogen-bond donors (Lipinski definition) is 3. The SMILES string of the molecule is CCCCCCC/C=C\C/C=C\CCCCCCCCCCCCCCCCCCCCCC(=O)NC(CO)C(O)/C=C/CCCCCCCCCCCCCCCCCCCCCCCCCCCCCC. The van der Waals surface area contributed by atoms with E-state index < -0.39 is 12.1 Å². The van der Waals surface area contributed by atoms with Crippen molar-refractivity contribution in [3.05, 3.63) is 36.5 Å². The molecule has 4 heteroatoms. The third kappa shape index (κ3) is 61.3. The summed E-state index contributed by atoms with van der Waals surface area (Å²) in [6.07, 6.45) is 89.3. The van der Waals surface area contributed by atoms with Crippen LogP contribution in [0.3, 0.4) is 0 Å². The topological polar surface area (TPSA) is 69.6 Å². The number of carbonyl (C=O) groups is 1. The number of allylic oxidation sites excluding steroid dienone is 5. The summed E-state index contributed by atoms with van der Waals surface area (Å²) in [5.74, 6) is -0.0563. The third-order valence-electron chi connectivity index (χ3n) is 15.9. The Hall–Kier alpha value is -1.39. The van der Waals surface area contributed by atoms with Crippen molar-refractivity contribution in [1.82, 2.24) is 5.32 Å². The Kier molecular flexibility index (Phi) is 63.7. The van der Waals surface area contributed by atoms with Gasteiger partial charge in [0.1, 0.15) is 0 Å². The Bertz CT molecular complexity index is 1110. The normalized spacial score (nSPS) is 12.9. The fraction of sp³-hybridized carbons (Fsp3) is 0.899. The van der Waals surface area contributed by atoms with Gasteiger partial charge in [0, 0.05) is 6.42 Å². The second kappa shape index (κ2) is 64.9. The molecule has 2 unspecified atom stereocenters. The van der Waals surface area contributed by atoms with Gasteiger partial charge in [-0.05, 0) is 51.4 Å². The van der Waals surface area contributed by atoms with Gasteiger partial charge in [-0.25, -0.2) is 0 Å². The quantitative estimate of drug-likeness (QED) is 0.0420. The highest BCUT2D eigenvalue weighted by molar-refractivity contribution is 5.76. The maximum absolute atomic E-state index is 12.5. The van der Waals surface area contributed by atoms with Gasteiger partial charge in [-0.3, -0.25) is 4.79 Å². The van der Waals surface area contributed by atoms with Gasteiger partial charge in [0.25, 0.3) is 0 Å². The van der Waals surface area contributed by atoms with E-state index in [1.54, 1.807) is 6.08 Å². The smallest absolute Gasteiger partial charge is 0.220 e. The molecule has 0 spiro atoms. The lowest BCUT2D eigenvalue weighted by Gasteiger charge is -2.20. The molecule has 1 amide bonds. The molecule has 0 bridgehead atoms. The van der Waals surface area contributed by atoms with Gasteiger partial charge >= 0.3 is 0 Å². The summed E-state index contributed by atoms with van der Waals surface area (Å²) in [6.45, 7) is 4.34. The molecule has 0 aromatic rings. The Morgan fingerprint density at radius 3 is 0.822 bits per heavy atom. The molecule has 0 aliphatic carbocycles. The van der Waals surface area contributed by atoms with Crippen molar-refractivity contribution in [2.75, 3.05) is 6.61 Å². The molecule has 0 radical (unpaired) electrons. The second-order valence-electron chi connectivity index (χ2n) is 23.2. The molecule has 2 atom stereocenters. The van der Waals surface area contributed by atoms with Crippen molar-refractivity contribution in [2.24, 2.45) is 0 Å². The molecular weight excluding hydrogens is 891 g/mol. The predicted molar refractivity (Wildman–Crippen MR) is 327 cm³/mol. The van der Waals surface area contributed by atoms with Crippen LogP contribution in [0.2, 0.25) is 0 Å². The highest BCUT2D eigenvalue weighted by Crippen LogP contribution is 2.19. The first-order valence-corrected chi connectivity index (χ1v) is 33.7. The van der Waals surface area contributed by atoms with Crippen LogP contribution in [0.25, 0.3) is 0 Å². The maximum Gasteiger partial charge on any atom is 0.220 e. The number of nitrogens with one attached hydrogen (secondary N) is 1. The van der Waals surface area contributed by atoms with Crippen LogP contribution in [-0.2, 0) is 4.79 Å². The minimum Gasteiger partial charge on any atom is -0.394 e. The number of hydrogen-bond acceptors (Lipinski definition) is 3. The Balaban J connectivity index is 3.43. The van der Waals surface area contributed by atoms with Crippen LogP contribution in [0.5, 0.6) is 0 Å². The molecule has 3 N–H and O–H groups in total. The second-order valence-corrected chi connectivity index (χ2v) is 23.2. The fourth-order valence-corrected chi connectivity index (χ4v) is 10.7. The average molecular weight is 1020 g/mol. The van der Waals surface area contributed by atoms with E-state index in [1.165, 1.54) is 327 Å². The van der Waals surface area contributed by atoms with E-state index in [0.29, 0.717) is 6.42 Å². The Morgan fingerprint density at radius 2 is 0.562 bits per heavy atom. The van der Waals surface area contributed by atoms with E-state index in [2.05, 4.69) is 43.5 Å². The molecule has 0 aliphatic heterocycles. The monoisotopic (exact) mass is 1020 g/mol. The summed E-state index contributed by atoms with van der Waals surface area (Å²) in [4.78, 5) is 12.5. The van der Waals surface area contributed by atoms with Crippen molar-refractivity contribution in [3.63, 3.8) is 0 Å². The lowest BCUT2D eigenvalue weighted by molar-refractivity contribution is -0.123. The number of unbranched alkanes of at least 4 members (excludes halogenated alkanes) is 52. The summed E-state index contributed by atoms with van der Waals surface area (Å²) >= 11 is 0. The van der Waals surface area contributed by atoms with Crippen LogP contribution >= 0.6 is 0 Å². The van der Waals surface area contributed by atoms with E-state index >= 15 is 0 Å². The van der Waals surface area contributed by atoms with Gasteiger partial charge in [-0.1, -0.05) is 359 Å². The zero-order valence-corrected chi connectivity index (χ0v) is 49.9. The molecule has 0 aromatic carbocycles. The number of aliphatic hydroxyl groups is 2. The molecule has 0 saturated carbocycles. The molecule has 432 valence electrons. The summed E-state index contributed by atoms with van der Waals surface area (Å²) in [5.41, 5.74) is 0. The van der Waals surface area contributed by atoms with Gasteiger partial charge in [0.05, 0.1) is 18.8 Å². The summed E-state index contributed by atoms with van der Waals surface area (Å²) in [7, 11) is 0. The molecule has 0 fully saturated rings. The average Bonchev–Trinajstić information content (AvgIpc) is 3.40. The molecule has 0 rings (SSSR count). The summed E-state index contributed by atoms with van der Waals surface area (Å²) < 4.78 is 0. The maximum atomic E-state index is 12.5. The van der Waals surface area contributed by atoms with Crippen molar-refractivity contribution in [1.29, 1.82) is 0 Å². The first-order valence-electron chi connectivity index (χ1n) is 33.7. The molecule has 4 nitrogen and oxygen atoms in total. The molecule has 0 heterocycles. The van der Waals surface area contributed by atoms with Crippen LogP contribution in [0, 0.1) is 0 Å². The van der Waals surface area contributed by atoms with Crippen LogP contribution in [-0.4, -0.2) is 34.9 Å². The van der Waals surface area contributed by atoms with Gasteiger partial charge in [0.2, 0.25) is 5.91 Å². The molecule has 0 saturated heterocycles. The summed E-state index contributed by atoms with van der Waals surface area (Å²) in [5, 5.41) is 23.3. The highest BCUT2D eigenvalue weighted by Gasteiger charge is 2.18. The van der Waals surface area contributed by atoms with Crippen molar-refractivity contribution in [2.45, 2.75) is 392 Å². The highest BCUT2D eigenvalue weighted by atomic mass is 16.3. The Morgan fingerprint density at radius 1 is 0.329 bits per heavy atom. The fourth-order valence-electron chi connectivity index (χ4n) is 10.7. The number of aliphatic hydroxyl groups excluding tert-OH is 2. The van der Waals surface area contributed by atoms with Crippen LogP contribution in [0.15, 0.2) is 36.5 Å². The van der Waals surface area contributed by atoms with E-state index in [9.17, 15) is 15.0 Å². The number of amides is 1. The van der Waals surface area contributed by atoms with Crippen LogP contribution in [0.1, 0.15) is 380 Å². The molecule has 0 aromatic heterocycles. The number of carbonyl (C=O) groups excluding carboxylic acids is 1. The largest absolute Gasteiger partial charge is 0.394 e. The molecule has 73 heavy (non-hydrogen) atoms. The first-order chi connectivity index (χ1) is 36.2. The van der Waals surface area contributed by atoms with E-state index in [-0.39, 0.29) is 12.5 Å². The zero-order valence-electron chi connectivity index (χ0n) is 49.9. The molecular formula is C69H133NO3. The van der Waals surface area contributed by atoms with Crippen molar-refractivity contribution >= 4 is 5.91 Å². The van der Waals surface area contributed by atoms with E-state index in [0.717, 1.165) is 32.1 Å².